The Bertz CT molecular complexity index is 859. The van der Waals surface area contributed by atoms with Crippen LogP contribution in [0.3, 0.4) is 0 Å². The second-order valence-electron chi connectivity index (χ2n) is 11.2. The van der Waals surface area contributed by atoms with Gasteiger partial charge in [-0.3, -0.25) is 4.79 Å². The maximum Gasteiger partial charge on any atom is 0.337 e. The van der Waals surface area contributed by atoms with E-state index in [0.717, 1.165) is 24.8 Å². The van der Waals surface area contributed by atoms with Crippen molar-refractivity contribution in [1.29, 1.82) is 0 Å². The molecule has 0 bridgehead atoms. The predicted octanol–water partition coefficient (Wildman–Crippen LogP) is 5.50. The van der Waals surface area contributed by atoms with Crippen LogP contribution in [0.4, 0.5) is 0 Å². The van der Waals surface area contributed by atoms with E-state index in [-0.39, 0.29) is 29.1 Å². The van der Waals surface area contributed by atoms with E-state index in [1.807, 2.05) is 29.2 Å². The fraction of sp³-hybridized carbons (Fsp3) is 0.643. The Labute approximate surface area is 212 Å². The third-order valence-electron chi connectivity index (χ3n) is 7.36. The molecule has 1 amide bonds. The van der Waals surface area contributed by atoms with Gasteiger partial charge in [0.15, 0.2) is 8.32 Å². The number of aliphatic hydroxyl groups is 1. The van der Waals surface area contributed by atoms with E-state index in [1.54, 1.807) is 12.1 Å². The van der Waals surface area contributed by atoms with Crippen LogP contribution in [-0.2, 0) is 20.4 Å². The van der Waals surface area contributed by atoms with Crippen LogP contribution in [0.15, 0.2) is 36.4 Å². The molecule has 1 aliphatic heterocycles. The number of esters is 1. The molecule has 6 nitrogen and oxygen atoms in total. The van der Waals surface area contributed by atoms with Crippen LogP contribution in [0.25, 0.3) is 0 Å². The molecular weight excluding hydrogens is 458 g/mol. The third-order valence-corrected chi connectivity index (χ3v) is 12.0. The molecule has 1 N–H and O–H groups in total. The van der Waals surface area contributed by atoms with Crippen LogP contribution in [0.2, 0.25) is 18.1 Å². The maximum atomic E-state index is 12.4. The van der Waals surface area contributed by atoms with Gasteiger partial charge in [0.25, 0.3) is 0 Å². The van der Waals surface area contributed by atoms with Gasteiger partial charge in [0, 0.05) is 19.1 Å². The van der Waals surface area contributed by atoms with Gasteiger partial charge in [-0.2, -0.15) is 0 Å². The molecule has 0 saturated carbocycles. The molecule has 7 heteroatoms. The summed E-state index contributed by atoms with van der Waals surface area (Å²) in [6.45, 7) is 14.0. The van der Waals surface area contributed by atoms with Crippen LogP contribution in [0.5, 0.6) is 0 Å². The highest BCUT2D eigenvalue weighted by atomic mass is 28.4. The normalized spacial score (nSPS) is 18.8. The molecule has 0 radical (unpaired) electrons. The lowest BCUT2D eigenvalue weighted by atomic mass is 10.1. The number of aliphatic hydroxyl groups excluding tert-OH is 1. The molecule has 2 rings (SSSR count). The van der Waals surface area contributed by atoms with Gasteiger partial charge in [0.05, 0.1) is 24.8 Å². The van der Waals surface area contributed by atoms with Gasteiger partial charge in [-0.15, -0.1) is 0 Å². The number of ether oxygens (including phenoxy) is 1. The number of likely N-dealkylation sites (tertiary alicyclic amines) is 1. The number of methoxy groups -OCH3 is 1. The largest absolute Gasteiger partial charge is 0.465 e. The summed E-state index contributed by atoms with van der Waals surface area (Å²) in [7, 11) is -0.403. The Morgan fingerprint density at radius 1 is 1.23 bits per heavy atom. The van der Waals surface area contributed by atoms with Crippen molar-refractivity contribution in [3.8, 4) is 0 Å². The van der Waals surface area contributed by atoms with Crippen LogP contribution in [0.1, 0.15) is 75.7 Å². The molecule has 35 heavy (non-hydrogen) atoms. The van der Waals surface area contributed by atoms with Crippen molar-refractivity contribution in [1.82, 2.24) is 4.90 Å². The Kier molecular flexibility index (Phi) is 10.7. The van der Waals surface area contributed by atoms with Gasteiger partial charge in [-0.1, -0.05) is 45.1 Å². The topological polar surface area (TPSA) is 76.1 Å². The molecule has 0 aromatic heterocycles. The number of carbonyl (C=O) groups excluding carboxylic acids is 2. The quantitative estimate of drug-likeness (QED) is 0.231. The first-order chi connectivity index (χ1) is 16.3. The maximum absolute atomic E-state index is 12.4. The Morgan fingerprint density at radius 3 is 2.49 bits per heavy atom. The summed E-state index contributed by atoms with van der Waals surface area (Å²) >= 11 is 0. The molecule has 3 atom stereocenters. The number of amides is 1. The van der Waals surface area contributed by atoms with Crippen LogP contribution in [-0.4, -0.2) is 62.1 Å². The van der Waals surface area contributed by atoms with Gasteiger partial charge in [-0.25, -0.2) is 4.79 Å². The first kappa shape index (κ1) is 29.3. The smallest absolute Gasteiger partial charge is 0.337 e. The second-order valence-corrected chi connectivity index (χ2v) is 16.0. The van der Waals surface area contributed by atoms with Gasteiger partial charge >= 0.3 is 5.97 Å². The predicted molar refractivity (Wildman–Crippen MR) is 143 cm³/mol. The van der Waals surface area contributed by atoms with Gasteiger partial charge in [-0.05, 0) is 74.9 Å². The molecule has 1 aromatic rings. The van der Waals surface area contributed by atoms with Gasteiger partial charge < -0.3 is 19.2 Å². The summed E-state index contributed by atoms with van der Waals surface area (Å²) in [5.41, 5.74) is 1.58. The average Bonchev–Trinajstić information content (AvgIpc) is 3.14. The first-order valence-electron chi connectivity index (χ1n) is 12.8. The van der Waals surface area contributed by atoms with Crippen LogP contribution >= 0.6 is 0 Å². The van der Waals surface area contributed by atoms with Crippen molar-refractivity contribution in [2.75, 3.05) is 13.7 Å². The number of rotatable bonds is 12. The summed E-state index contributed by atoms with van der Waals surface area (Å²) < 4.78 is 11.1. The number of benzene rings is 1. The van der Waals surface area contributed by atoms with E-state index >= 15 is 0 Å². The summed E-state index contributed by atoms with van der Waals surface area (Å²) in [6, 6.07) is 7.32. The zero-order valence-corrected chi connectivity index (χ0v) is 23.7. The highest BCUT2D eigenvalue weighted by Crippen LogP contribution is 2.37. The molecule has 1 saturated heterocycles. The zero-order valence-electron chi connectivity index (χ0n) is 22.7. The molecule has 1 aromatic carbocycles. The summed E-state index contributed by atoms with van der Waals surface area (Å²) in [5.74, 6) is -0.204. The van der Waals surface area contributed by atoms with E-state index in [1.165, 1.54) is 7.11 Å². The lowest BCUT2D eigenvalue weighted by Crippen LogP contribution is -2.43. The lowest BCUT2D eigenvalue weighted by molar-refractivity contribution is -0.128. The van der Waals surface area contributed by atoms with E-state index < -0.39 is 14.4 Å². The van der Waals surface area contributed by atoms with E-state index in [4.69, 9.17) is 9.16 Å². The molecule has 196 valence electrons. The minimum atomic E-state index is -1.77. The second kappa shape index (κ2) is 12.8. The van der Waals surface area contributed by atoms with E-state index in [9.17, 15) is 14.7 Å². The fourth-order valence-electron chi connectivity index (χ4n) is 4.13. The van der Waals surface area contributed by atoms with Crippen LogP contribution in [0, 0.1) is 0 Å². The lowest BCUT2D eigenvalue weighted by Gasteiger charge is -2.38. The number of carbonyl (C=O) groups is 2. The molecule has 1 fully saturated rings. The molecule has 0 aliphatic carbocycles. The molecular formula is C28H45NO5Si. The van der Waals surface area contributed by atoms with Crippen molar-refractivity contribution in [3.05, 3.63) is 47.5 Å². The Morgan fingerprint density at radius 2 is 1.89 bits per heavy atom. The highest BCUT2D eigenvalue weighted by molar-refractivity contribution is 6.74. The minimum Gasteiger partial charge on any atom is -0.465 e. The number of hydrogen-bond donors (Lipinski definition) is 1. The van der Waals surface area contributed by atoms with Crippen molar-refractivity contribution < 1.29 is 23.9 Å². The highest BCUT2D eigenvalue weighted by Gasteiger charge is 2.38. The number of hydrogen-bond acceptors (Lipinski definition) is 5. The fourth-order valence-corrected chi connectivity index (χ4v) is 5.60. The molecule has 0 spiro atoms. The summed E-state index contributed by atoms with van der Waals surface area (Å²) in [6.07, 6.45) is 8.06. The van der Waals surface area contributed by atoms with E-state index in [0.29, 0.717) is 31.4 Å². The zero-order chi connectivity index (χ0) is 26.2. The molecule has 1 unspecified atom stereocenters. The molecule has 1 aliphatic rings. The van der Waals surface area contributed by atoms with Gasteiger partial charge in [0.1, 0.15) is 0 Å². The Hall–Kier alpha value is -1.96. The molecule has 1 heterocycles. The third kappa shape index (κ3) is 8.88. The monoisotopic (exact) mass is 503 g/mol. The number of nitrogens with zero attached hydrogens (tertiary/aromatic N) is 1. The summed E-state index contributed by atoms with van der Waals surface area (Å²) in [5, 5.41) is 10.7. The van der Waals surface area contributed by atoms with Crippen molar-refractivity contribution >= 4 is 20.2 Å². The van der Waals surface area contributed by atoms with Crippen molar-refractivity contribution in [2.45, 2.75) is 103 Å². The van der Waals surface area contributed by atoms with E-state index in [2.05, 4.69) is 40.8 Å². The van der Waals surface area contributed by atoms with Crippen molar-refractivity contribution in [3.63, 3.8) is 0 Å². The first-order valence-corrected chi connectivity index (χ1v) is 15.8. The van der Waals surface area contributed by atoms with Crippen LogP contribution < -0.4 is 0 Å². The van der Waals surface area contributed by atoms with Gasteiger partial charge in [0.2, 0.25) is 5.91 Å². The standard InChI is InChI=1S/C28H45NO5Si/c1-21(34-35(6,7)28(2,3)4)9-8-10-25(30)17-15-24-16-18-26(31)29(24)20-19-22-11-13-23(14-12-22)27(32)33-5/h11-15,17,21,24-25,30H,8-10,16,18-20H2,1-7H3/b17-15+/t21-,24-,25?/m0/s1. The SMILES string of the molecule is COC(=O)c1ccc(CCN2C(=O)CC[C@@H]2/C=C/C(O)CCC[C@H](C)O[Si](C)(C)C(C)(C)C)cc1. The van der Waals surface area contributed by atoms with Crippen molar-refractivity contribution in [2.24, 2.45) is 0 Å². The Balaban J connectivity index is 1.80. The average molecular weight is 504 g/mol. The minimum absolute atomic E-state index is 0.0207. The summed E-state index contributed by atoms with van der Waals surface area (Å²) in [4.78, 5) is 25.9.